The van der Waals surface area contributed by atoms with Gasteiger partial charge in [0.25, 0.3) is 5.22 Å². The van der Waals surface area contributed by atoms with Gasteiger partial charge in [0.05, 0.1) is 19.5 Å². The zero-order chi connectivity index (χ0) is 19.1. The Labute approximate surface area is 161 Å². The minimum atomic E-state index is -0.161. The van der Waals surface area contributed by atoms with E-state index < -0.39 is 0 Å². The second-order valence-corrected chi connectivity index (χ2v) is 6.32. The number of thioether (sulfide) groups is 1. The fraction of sp³-hybridized carbons (Fsp3) is 0.211. The van der Waals surface area contributed by atoms with Crippen molar-refractivity contribution in [1.82, 2.24) is 10.2 Å². The maximum Gasteiger partial charge on any atom is 0.277 e. The summed E-state index contributed by atoms with van der Waals surface area (Å²) in [6.07, 6.45) is 0. The van der Waals surface area contributed by atoms with Crippen molar-refractivity contribution in [1.29, 1.82) is 0 Å². The average molecular weight is 385 g/mol. The lowest BCUT2D eigenvalue weighted by Gasteiger charge is -2.05. The molecule has 0 aliphatic heterocycles. The van der Waals surface area contributed by atoms with Gasteiger partial charge >= 0.3 is 0 Å². The lowest BCUT2D eigenvalue weighted by Crippen LogP contribution is -2.13. The van der Waals surface area contributed by atoms with Crippen LogP contribution in [-0.2, 0) is 4.79 Å². The molecule has 140 valence electrons. The molecule has 0 fully saturated rings. The molecule has 0 saturated carbocycles. The van der Waals surface area contributed by atoms with Gasteiger partial charge in [-0.2, -0.15) is 0 Å². The summed E-state index contributed by atoms with van der Waals surface area (Å²) >= 11 is 1.18. The number of aromatic nitrogens is 2. The minimum absolute atomic E-state index is 0.161. The molecular formula is C19H19N3O4S. The third-order valence-electron chi connectivity index (χ3n) is 3.52. The van der Waals surface area contributed by atoms with E-state index in [4.69, 9.17) is 13.9 Å². The molecule has 7 nitrogen and oxygen atoms in total. The number of rotatable bonds is 8. The lowest BCUT2D eigenvalue weighted by molar-refractivity contribution is -0.113. The van der Waals surface area contributed by atoms with E-state index in [-0.39, 0.29) is 11.7 Å². The number of ether oxygens (including phenoxy) is 2. The Hall–Kier alpha value is -3.00. The van der Waals surface area contributed by atoms with Crippen LogP contribution >= 0.6 is 11.8 Å². The monoisotopic (exact) mass is 385 g/mol. The molecule has 1 amide bonds. The van der Waals surface area contributed by atoms with Crippen molar-refractivity contribution in [3.63, 3.8) is 0 Å². The van der Waals surface area contributed by atoms with Crippen molar-refractivity contribution in [2.45, 2.75) is 12.1 Å². The number of anilines is 1. The molecule has 0 atom stereocenters. The zero-order valence-corrected chi connectivity index (χ0v) is 15.8. The zero-order valence-electron chi connectivity index (χ0n) is 15.0. The largest absolute Gasteiger partial charge is 0.497 e. The van der Waals surface area contributed by atoms with Gasteiger partial charge in [-0.3, -0.25) is 4.79 Å². The van der Waals surface area contributed by atoms with E-state index in [1.807, 2.05) is 31.2 Å². The summed E-state index contributed by atoms with van der Waals surface area (Å²) in [6, 6.07) is 14.5. The minimum Gasteiger partial charge on any atom is -0.497 e. The topological polar surface area (TPSA) is 86.5 Å². The van der Waals surface area contributed by atoms with Crippen LogP contribution in [0.3, 0.4) is 0 Å². The molecule has 0 aliphatic rings. The highest BCUT2D eigenvalue weighted by atomic mass is 32.2. The summed E-state index contributed by atoms with van der Waals surface area (Å²) < 4.78 is 16.1. The fourth-order valence-electron chi connectivity index (χ4n) is 2.24. The summed E-state index contributed by atoms with van der Waals surface area (Å²) in [5.74, 6) is 1.92. The van der Waals surface area contributed by atoms with Gasteiger partial charge in [0.2, 0.25) is 11.8 Å². The smallest absolute Gasteiger partial charge is 0.277 e. The predicted octanol–water partition coefficient (Wildman–Crippen LogP) is 3.87. The van der Waals surface area contributed by atoms with E-state index in [1.54, 1.807) is 31.4 Å². The molecule has 3 rings (SSSR count). The molecule has 8 heteroatoms. The molecule has 27 heavy (non-hydrogen) atoms. The molecule has 0 saturated heterocycles. The second-order valence-electron chi connectivity index (χ2n) is 5.40. The molecule has 3 aromatic rings. The lowest BCUT2D eigenvalue weighted by atomic mass is 10.2. The number of hydrogen-bond acceptors (Lipinski definition) is 7. The standard InChI is InChI=1S/C19H19N3O4S/c1-3-25-16-8-4-13(5-9-16)18-21-22-19(26-18)27-12-17(23)20-14-6-10-15(24-2)11-7-14/h4-11H,3,12H2,1-2H3,(H,20,23). The number of hydrogen-bond donors (Lipinski definition) is 1. The summed E-state index contributed by atoms with van der Waals surface area (Å²) in [4.78, 5) is 12.0. The van der Waals surface area contributed by atoms with Crippen molar-refractivity contribution in [3.05, 3.63) is 48.5 Å². The molecule has 1 N–H and O–H groups in total. The van der Waals surface area contributed by atoms with Crippen molar-refractivity contribution in [2.75, 3.05) is 24.8 Å². The Morgan fingerprint density at radius 2 is 1.78 bits per heavy atom. The van der Waals surface area contributed by atoms with E-state index in [0.29, 0.717) is 23.4 Å². The van der Waals surface area contributed by atoms with Crippen LogP contribution in [0, 0.1) is 0 Å². The van der Waals surface area contributed by atoms with Crippen LogP contribution in [-0.4, -0.2) is 35.6 Å². The quantitative estimate of drug-likeness (QED) is 0.589. The Kier molecular flexibility index (Phi) is 6.32. The number of methoxy groups -OCH3 is 1. The Balaban J connectivity index is 1.53. The Bertz CT molecular complexity index is 879. The molecule has 0 bridgehead atoms. The third-order valence-corrected chi connectivity index (χ3v) is 4.34. The first-order valence-corrected chi connectivity index (χ1v) is 9.30. The van der Waals surface area contributed by atoms with Gasteiger partial charge in [0, 0.05) is 11.3 Å². The molecule has 0 radical (unpaired) electrons. The first kappa shape index (κ1) is 18.8. The molecule has 0 aliphatic carbocycles. The van der Waals surface area contributed by atoms with E-state index in [0.717, 1.165) is 17.1 Å². The Morgan fingerprint density at radius 3 is 2.44 bits per heavy atom. The third kappa shape index (κ3) is 5.24. The van der Waals surface area contributed by atoms with E-state index >= 15 is 0 Å². The van der Waals surface area contributed by atoms with Crippen LogP contribution < -0.4 is 14.8 Å². The van der Waals surface area contributed by atoms with Crippen molar-refractivity contribution in [2.24, 2.45) is 0 Å². The number of carbonyl (C=O) groups excluding carboxylic acids is 1. The molecule has 1 aromatic heterocycles. The van der Waals surface area contributed by atoms with Crippen molar-refractivity contribution < 1.29 is 18.7 Å². The van der Waals surface area contributed by atoms with Gasteiger partial charge in [0.15, 0.2) is 0 Å². The van der Waals surface area contributed by atoms with Gasteiger partial charge < -0.3 is 19.2 Å². The molecular weight excluding hydrogens is 366 g/mol. The van der Waals surface area contributed by atoms with E-state index in [1.165, 1.54) is 11.8 Å². The Morgan fingerprint density at radius 1 is 1.07 bits per heavy atom. The van der Waals surface area contributed by atoms with Crippen LogP contribution in [0.2, 0.25) is 0 Å². The maximum absolute atomic E-state index is 12.0. The summed E-state index contributed by atoms with van der Waals surface area (Å²) in [6.45, 7) is 2.54. The number of benzene rings is 2. The van der Waals surface area contributed by atoms with Crippen molar-refractivity contribution in [3.8, 4) is 23.0 Å². The number of nitrogens with one attached hydrogen (secondary N) is 1. The second kappa shape index (κ2) is 9.09. The number of amides is 1. The van der Waals surface area contributed by atoms with Crippen LogP contribution in [0.1, 0.15) is 6.92 Å². The normalized spacial score (nSPS) is 10.4. The highest BCUT2D eigenvalue weighted by molar-refractivity contribution is 7.99. The molecule has 0 spiro atoms. The van der Waals surface area contributed by atoms with Gasteiger partial charge in [-0.25, -0.2) is 0 Å². The summed E-state index contributed by atoms with van der Waals surface area (Å²) in [5.41, 5.74) is 1.49. The number of carbonyl (C=O) groups is 1. The number of nitrogens with zero attached hydrogens (tertiary/aromatic N) is 2. The van der Waals surface area contributed by atoms with Crippen LogP contribution in [0.4, 0.5) is 5.69 Å². The van der Waals surface area contributed by atoms with Gasteiger partial charge in [-0.15, -0.1) is 10.2 Å². The van der Waals surface area contributed by atoms with E-state index in [2.05, 4.69) is 15.5 Å². The first-order valence-electron chi connectivity index (χ1n) is 8.31. The highest BCUT2D eigenvalue weighted by Crippen LogP contribution is 2.25. The highest BCUT2D eigenvalue weighted by Gasteiger charge is 2.11. The average Bonchev–Trinajstić information content (AvgIpc) is 3.17. The predicted molar refractivity (Wildman–Crippen MR) is 103 cm³/mol. The summed E-state index contributed by atoms with van der Waals surface area (Å²) in [5, 5.41) is 11.1. The van der Waals surface area contributed by atoms with Gasteiger partial charge in [-0.1, -0.05) is 11.8 Å². The van der Waals surface area contributed by atoms with Crippen molar-refractivity contribution >= 4 is 23.4 Å². The summed E-state index contributed by atoms with van der Waals surface area (Å²) in [7, 11) is 1.59. The van der Waals surface area contributed by atoms with Gasteiger partial charge in [0.1, 0.15) is 11.5 Å². The van der Waals surface area contributed by atoms with E-state index in [9.17, 15) is 4.79 Å². The fourth-order valence-corrected chi connectivity index (χ4v) is 2.81. The first-order chi connectivity index (χ1) is 13.2. The molecule has 0 unspecified atom stereocenters. The van der Waals surface area contributed by atoms with Crippen LogP contribution in [0.25, 0.3) is 11.5 Å². The SMILES string of the molecule is CCOc1ccc(-c2nnc(SCC(=O)Nc3ccc(OC)cc3)o2)cc1. The van der Waals surface area contributed by atoms with Gasteiger partial charge in [-0.05, 0) is 55.5 Å². The molecule has 1 heterocycles. The van der Waals surface area contributed by atoms with Crippen LogP contribution in [0.5, 0.6) is 11.5 Å². The molecule has 2 aromatic carbocycles. The maximum atomic E-state index is 12.0. The van der Waals surface area contributed by atoms with Crippen LogP contribution in [0.15, 0.2) is 58.2 Å².